The fraction of sp³-hybridized carbons (Fsp3) is 0.238. The highest BCUT2D eigenvalue weighted by Crippen LogP contribution is 2.40. The van der Waals surface area contributed by atoms with E-state index < -0.39 is 18.5 Å². The van der Waals surface area contributed by atoms with Crippen molar-refractivity contribution in [3.63, 3.8) is 0 Å². The van der Waals surface area contributed by atoms with Gasteiger partial charge in [-0.25, -0.2) is 4.98 Å². The Morgan fingerprint density at radius 2 is 1.93 bits per heavy atom. The summed E-state index contributed by atoms with van der Waals surface area (Å²) in [4.78, 5) is 21.0. The molecule has 1 atom stereocenters. The van der Waals surface area contributed by atoms with E-state index in [4.69, 9.17) is 0 Å². The summed E-state index contributed by atoms with van der Waals surface area (Å²) < 4.78 is 41.9. The van der Waals surface area contributed by atoms with Crippen LogP contribution in [0.15, 0.2) is 53.2 Å². The third-order valence-electron chi connectivity index (χ3n) is 5.30. The normalized spacial score (nSPS) is 16.8. The van der Waals surface area contributed by atoms with E-state index in [0.717, 1.165) is 15.0 Å². The Labute approximate surface area is 178 Å². The van der Waals surface area contributed by atoms with Crippen LogP contribution in [0, 0.1) is 0 Å². The van der Waals surface area contributed by atoms with Gasteiger partial charge in [0.15, 0.2) is 0 Å². The Balaban J connectivity index is 1.54. The largest absolute Gasteiger partial charge is 0.449 e. The lowest BCUT2D eigenvalue weighted by molar-refractivity contribution is -0.148. The topological polar surface area (TPSA) is 38.1 Å². The third-order valence-corrected chi connectivity index (χ3v) is 7.22. The highest BCUT2D eigenvalue weighted by atomic mass is 32.1. The maximum atomic E-state index is 13.6. The van der Waals surface area contributed by atoms with Crippen LogP contribution in [0.25, 0.3) is 11.0 Å². The zero-order valence-electron chi connectivity index (χ0n) is 15.6. The first-order valence-electron chi connectivity index (χ1n) is 9.35. The lowest BCUT2D eigenvalue weighted by Gasteiger charge is -2.35. The van der Waals surface area contributed by atoms with Crippen LogP contribution in [0.3, 0.4) is 0 Å². The molecule has 0 fully saturated rings. The number of carbonyl (C=O) groups is 1. The summed E-state index contributed by atoms with van der Waals surface area (Å²) in [6, 6.07) is 12.0. The number of hydrogen-bond donors (Lipinski definition) is 0. The van der Waals surface area contributed by atoms with Crippen LogP contribution in [0.1, 0.15) is 27.2 Å². The van der Waals surface area contributed by atoms with Crippen molar-refractivity contribution in [2.75, 3.05) is 6.54 Å². The van der Waals surface area contributed by atoms with Crippen LogP contribution in [-0.4, -0.2) is 26.9 Å². The molecule has 0 saturated carbocycles. The first kappa shape index (κ1) is 19.3. The predicted octanol–water partition coefficient (Wildman–Crippen LogP) is 5.35. The molecule has 0 aliphatic carbocycles. The smallest absolute Gasteiger partial charge is 0.329 e. The molecule has 4 nitrogen and oxygen atoms in total. The highest BCUT2D eigenvalue weighted by molar-refractivity contribution is 7.10. The van der Waals surface area contributed by atoms with Gasteiger partial charge in [0.1, 0.15) is 6.54 Å². The van der Waals surface area contributed by atoms with Gasteiger partial charge in [-0.15, -0.1) is 22.7 Å². The lowest BCUT2D eigenvalue weighted by Crippen LogP contribution is -2.41. The minimum Gasteiger partial charge on any atom is -0.329 e. The van der Waals surface area contributed by atoms with E-state index in [2.05, 4.69) is 4.98 Å². The molecular formula is C21H16F3N3OS2. The predicted molar refractivity (Wildman–Crippen MR) is 111 cm³/mol. The standard InChI is InChI=1S/C21H16F3N3OS2/c22-21(23,24)20-25-14-4-1-2-5-15(14)27(20)12-18(28)26-9-7-16-13(8-11-30-16)19(26)17-6-3-10-29-17/h1-6,8,10-11,19H,7,9,12H2. The van der Waals surface area contributed by atoms with Crippen molar-refractivity contribution in [3.05, 3.63) is 74.4 Å². The van der Waals surface area contributed by atoms with Gasteiger partial charge in [0, 0.05) is 16.3 Å². The van der Waals surface area contributed by atoms with Crippen LogP contribution in [-0.2, 0) is 23.9 Å². The van der Waals surface area contributed by atoms with Gasteiger partial charge in [-0.3, -0.25) is 4.79 Å². The molecule has 0 saturated heterocycles. The van der Waals surface area contributed by atoms with Crippen molar-refractivity contribution in [1.82, 2.24) is 14.5 Å². The number of nitrogens with zero attached hydrogens (tertiary/aromatic N) is 3. The van der Waals surface area contributed by atoms with E-state index in [-0.39, 0.29) is 17.5 Å². The van der Waals surface area contributed by atoms with Gasteiger partial charge in [0.25, 0.3) is 0 Å². The molecule has 1 unspecified atom stereocenters. The molecule has 30 heavy (non-hydrogen) atoms. The molecule has 0 bridgehead atoms. The highest BCUT2D eigenvalue weighted by Gasteiger charge is 2.39. The van der Waals surface area contributed by atoms with Crippen molar-refractivity contribution in [3.8, 4) is 0 Å². The van der Waals surface area contributed by atoms with Crippen molar-refractivity contribution in [2.45, 2.75) is 25.2 Å². The number of imidazole rings is 1. The Kier molecular flexibility index (Phi) is 4.67. The summed E-state index contributed by atoms with van der Waals surface area (Å²) >= 11 is 3.20. The average molecular weight is 448 g/mol. The van der Waals surface area contributed by atoms with Crippen LogP contribution in [0.2, 0.25) is 0 Å². The summed E-state index contributed by atoms with van der Waals surface area (Å²) in [5, 5.41) is 3.95. The molecule has 1 aliphatic heterocycles. The maximum Gasteiger partial charge on any atom is 0.449 e. The Morgan fingerprint density at radius 1 is 1.10 bits per heavy atom. The molecule has 1 amide bonds. The van der Waals surface area contributed by atoms with Crippen LogP contribution in [0.4, 0.5) is 13.2 Å². The molecule has 9 heteroatoms. The maximum absolute atomic E-state index is 13.6. The van der Waals surface area contributed by atoms with E-state index in [9.17, 15) is 18.0 Å². The molecular weight excluding hydrogens is 431 g/mol. The fourth-order valence-electron chi connectivity index (χ4n) is 4.02. The molecule has 1 aliphatic rings. The molecule has 0 radical (unpaired) electrons. The van der Waals surface area contributed by atoms with Crippen LogP contribution in [0.5, 0.6) is 0 Å². The van der Waals surface area contributed by atoms with Gasteiger partial charge in [-0.1, -0.05) is 18.2 Å². The Bertz CT molecular complexity index is 1210. The van der Waals surface area contributed by atoms with E-state index >= 15 is 0 Å². The second-order valence-electron chi connectivity index (χ2n) is 7.06. The zero-order chi connectivity index (χ0) is 20.9. The van der Waals surface area contributed by atoms with E-state index in [0.29, 0.717) is 18.5 Å². The number of aromatic nitrogens is 2. The average Bonchev–Trinajstić information content (AvgIpc) is 3.46. The number of halogens is 3. The number of fused-ring (bicyclic) bond motifs is 2. The number of carbonyl (C=O) groups excluding carboxylic acids is 1. The van der Waals surface area contributed by atoms with Gasteiger partial charge in [-0.2, -0.15) is 13.2 Å². The van der Waals surface area contributed by atoms with Crippen molar-refractivity contribution < 1.29 is 18.0 Å². The minimum atomic E-state index is -4.64. The van der Waals surface area contributed by atoms with Crippen molar-refractivity contribution in [2.24, 2.45) is 0 Å². The van der Waals surface area contributed by atoms with Crippen LogP contribution < -0.4 is 0 Å². The van der Waals surface area contributed by atoms with Crippen LogP contribution >= 0.6 is 22.7 Å². The molecule has 154 valence electrons. The van der Waals surface area contributed by atoms with E-state index in [1.54, 1.807) is 45.8 Å². The summed E-state index contributed by atoms with van der Waals surface area (Å²) in [6.07, 6.45) is -3.94. The number of benzene rings is 1. The number of alkyl halides is 3. The van der Waals surface area contributed by atoms with Crippen molar-refractivity contribution in [1.29, 1.82) is 0 Å². The molecule has 3 aromatic heterocycles. The monoisotopic (exact) mass is 447 g/mol. The molecule has 0 N–H and O–H groups in total. The van der Waals surface area contributed by atoms with Gasteiger partial charge in [0.2, 0.25) is 11.7 Å². The SMILES string of the molecule is O=C(Cn1c(C(F)(F)F)nc2ccccc21)N1CCc2sccc2C1c1cccs1. The summed E-state index contributed by atoms with van der Waals surface area (Å²) in [5.74, 6) is -1.39. The zero-order valence-corrected chi connectivity index (χ0v) is 17.2. The first-order valence-corrected chi connectivity index (χ1v) is 11.1. The number of para-hydroxylation sites is 2. The van der Waals surface area contributed by atoms with E-state index in [1.165, 1.54) is 10.9 Å². The molecule has 0 spiro atoms. The minimum absolute atomic E-state index is 0.228. The fourth-order valence-corrected chi connectivity index (χ4v) is 5.78. The second-order valence-corrected chi connectivity index (χ2v) is 9.04. The summed E-state index contributed by atoms with van der Waals surface area (Å²) in [7, 11) is 0. The van der Waals surface area contributed by atoms with Gasteiger partial charge in [0.05, 0.1) is 17.1 Å². The Hall–Kier alpha value is -2.65. The number of thiophene rings is 2. The molecule has 5 rings (SSSR count). The summed E-state index contributed by atoms with van der Waals surface area (Å²) in [5.41, 5.74) is 1.60. The summed E-state index contributed by atoms with van der Waals surface area (Å²) in [6.45, 7) is 0.0690. The Morgan fingerprint density at radius 3 is 2.70 bits per heavy atom. The quantitative estimate of drug-likeness (QED) is 0.425. The van der Waals surface area contributed by atoms with Gasteiger partial charge in [-0.05, 0) is 47.0 Å². The van der Waals surface area contributed by atoms with Gasteiger partial charge >= 0.3 is 6.18 Å². The second kappa shape index (κ2) is 7.24. The molecule has 1 aromatic carbocycles. The first-order chi connectivity index (χ1) is 14.4. The lowest BCUT2D eigenvalue weighted by atomic mass is 9.98. The molecule has 4 heterocycles. The number of hydrogen-bond acceptors (Lipinski definition) is 4. The molecule has 4 aromatic rings. The van der Waals surface area contributed by atoms with Crippen molar-refractivity contribution >= 4 is 39.6 Å². The van der Waals surface area contributed by atoms with Gasteiger partial charge < -0.3 is 9.47 Å². The number of rotatable bonds is 3. The van der Waals surface area contributed by atoms with E-state index in [1.807, 2.05) is 29.0 Å². The number of amides is 1. The third kappa shape index (κ3) is 3.22.